The van der Waals surface area contributed by atoms with Gasteiger partial charge in [-0.2, -0.15) is 0 Å². The third-order valence-electron chi connectivity index (χ3n) is 5.27. The van der Waals surface area contributed by atoms with Crippen molar-refractivity contribution in [3.8, 4) is 16.2 Å². The molecule has 0 radical (unpaired) electrons. The number of rotatable bonds is 8. The maximum Gasteiger partial charge on any atom is 0.344 e. The molecule has 10 heteroatoms. The van der Waals surface area contributed by atoms with Crippen molar-refractivity contribution in [2.45, 2.75) is 37.4 Å². The highest BCUT2D eigenvalue weighted by atomic mass is 32.2. The number of hydroxylamine groups is 1. The van der Waals surface area contributed by atoms with Gasteiger partial charge in [-0.25, -0.2) is 18.7 Å². The largest absolute Gasteiger partial charge is 0.482 e. The zero-order valence-corrected chi connectivity index (χ0v) is 18.8. The molecule has 3 rings (SSSR count). The molecule has 2 N–H and O–H groups in total. The zero-order chi connectivity index (χ0) is 22.5. The Morgan fingerprint density at radius 2 is 1.90 bits per heavy atom. The fourth-order valence-corrected chi connectivity index (χ4v) is 7.50. The third kappa shape index (κ3) is 5.08. The van der Waals surface area contributed by atoms with E-state index in [1.54, 1.807) is 30.6 Å². The van der Waals surface area contributed by atoms with Crippen molar-refractivity contribution in [3.63, 3.8) is 0 Å². The summed E-state index contributed by atoms with van der Waals surface area (Å²) in [7, 11) is -3.56. The number of thiophene rings is 1. The summed E-state index contributed by atoms with van der Waals surface area (Å²) >= 11 is 1.32. The van der Waals surface area contributed by atoms with Crippen LogP contribution in [0.15, 0.2) is 36.4 Å². The smallest absolute Gasteiger partial charge is 0.344 e. The Kier molecular flexibility index (Phi) is 7.34. The van der Waals surface area contributed by atoms with Gasteiger partial charge >= 0.3 is 5.97 Å². The molecule has 1 aromatic heterocycles. The van der Waals surface area contributed by atoms with E-state index in [2.05, 4.69) is 0 Å². The van der Waals surface area contributed by atoms with E-state index in [-0.39, 0.29) is 18.8 Å². The number of nitrogens with one attached hydrogen (secondary N) is 1. The first-order chi connectivity index (χ1) is 14.8. The zero-order valence-electron chi connectivity index (χ0n) is 17.1. The molecule has 1 aromatic carbocycles. The molecule has 1 aliphatic rings. The number of benzene rings is 1. The number of amides is 1. The lowest BCUT2D eigenvalue weighted by Gasteiger charge is -2.35. The molecule has 168 valence electrons. The summed E-state index contributed by atoms with van der Waals surface area (Å²) in [5.74, 6) is -0.630. The molecule has 1 saturated heterocycles. The highest BCUT2D eigenvalue weighted by Gasteiger charge is 2.49. The summed E-state index contributed by atoms with van der Waals surface area (Å²) in [4.78, 5) is 24.8. The molecular weight excluding hydrogens is 442 g/mol. The van der Waals surface area contributed by atoms with Crippen LogP contribution in [-0.2, 0) is 28.9 Å². The molecular formula is C21H25NO7S2. The fourth-order valence-electron chi connectivity index (χ4n) is 3.71. The van der Waals surface area contributed by atoms with E-state index < -0.39 is 26.5 Å². The Balaban J connectivity index is 1.83. The summed E-state index contributed by atoms with van der Waals surface area (Å²) in [5, 5.41) is 8.98. The highest BCUT2D eigenvalue weighted by molar-refractivity contribution is 7.92. The van der Waals surface area contributed by atoms with Gasteiger partial charge in [-0.1, -0.05) is 6.42 Å². The van der Waals surface area contributed by atoms with Crippen molar-refractivity contribution < 1.29 is 32.7 Å². The molecule has 0 aliphatic carbocycles. The molecule has 2 aromatic rings. The molecule has 8 nitrogen and oxygen atoms in total. The van der Waals surface area contributed by atoms with Gasteiger partial charge in [-0.05, 0) is 61.7 Å². The maximum absolute atomic E-state index is 13.0. The monoisotopic (exact) mass is 467 g/mol. The van der Waals surface area contributed by atoms with E-state index in [4.69, 9.17) is 14.7 Å². The van der Waals surface area contributed by atoms with Crippen molar-refractivity contribution >= 4 is 33.1 Å². The van der Waals surface area contributed by atoms with Crippen molar-refractivity contribution in [2.24, 2.45) is 0 Å². The molecule has 1 atom stereocenters. The summed E-state index contributed by atoms with van der Waals surface area (Å²) in [5.41, 5.74) is 2.43. The van der Waals surface area contributed by atoms with Gasteiger partial charge < -0.3 is 9.47 Å². The predicted molar refractivity (Wildman–Crippen MR) is 116 cm³/mol. The Morgan fingerprint density at radius 3 is 2.55 bits per heavy atom. The molecule has 2 heterocycles. The summed E-state index contributed by atoms with van der Waals surface area (Å²) in [6, 6.07) is 10.7. The summed E-state index contributed by atoms with van der Waals surface area (Å²) in [6.07, 6.45) is 1.28. The highest BCUT2D eigenvalue weighted by Crippen LogP contribution is 2.47. The van der Waals surface area contributed by atoms with Crippen molar-refractivity contribution in [1.29, 1.82) is 0 Å². The number of esters is 1. The van der Waals surface area contributed by atoms with Crippen molar-refractivity contribution in [1.82, 2.24) is 5.48 Å². The Morgan fingerprint density at radius 1 is 1.16 bits per heavy atom. The van der Waals surface area contributed by atoms with E-state index in [9.17, 15) is 18.0 Å². The fraction of sp³-hybridized carbons (Fsp3) is 0.429. The van der Waals surface area contributed by atoms with Gasteiger partial charge in [0.2, 0.25) is 5.91 Å². The number of hydrogen-bond donors (Lipinski definition) is 2. The minimum atomic E-state index is -3.56. The SMILES string of the molecule is CCOC(=O)COc1ccc(-c2ccc([C@@]3(CC(=O)NO)CCCCS3(=O)=O)s2)cc1. The normalized spacial score (nSPS) is 20.1. The van der Waals surface area contributed by atoms with Crippen LogP contribution in [0, 0.1) is 0 Å². The molecule has 31 heavy (non-hydrogen) atoms. The van der Waals surface area contributed by atoms with Gasteiger partial charge in [-0.15, -0.1) is 11.3 Å². The number of hydrogen-bond acceptors (Lipinski definition) is 8. The summed E-state index contributed by atoms with van der Waals surface area (Å²) < 4.78 is 34.9. The van der Waals surface area contributed by atoms with Crippen LogP contribution in [0.25, 0.3) is 10.4 Å². The molecule has 0 unspecified atom stereocenters. The first kappa shape index (κ1) is 23.2. The van der Waals surface area contributed by atoms with Crippen LogP contribution >= 0.6 is 11.3 Å². The average Bonchev–Trinajstić information content (AvgIpc) is 3.25. The topological polar surface area (TPSA) is 119 Å². The summed E-state index contributed by atoms with van der Waals surface area (Å²) in [6.45, 7) is 1.84. The quantitative estimate of drug-likeness (QED) is 0.348. The number of carbonyl (C=O) groups excluding carboxylic acids is 2. The van der Waals surface area contributed by atoms with Gasteiger partial charge in [0.25, 0.3) is 0 Å². The standard InChI is InChI=1S/C21H25NO7S2/c1-2-28-20(24)14-29-16-7-5-15(6-8-16)17-9-10-18(30-17)21(13-19(23)22-25)11-3-4-12-31(21,26)27/h5-10,25H,2-4,11-14H2,1H3,(H,22,23)/t21-/m0/s1. The van der Waals surface area contributed by atoms with Crippen LogP contribution in [-0.4, -0.2) is 44.5 Å². The maximum atomic E-state index is 13.0. The van der Waals surface area contributed by atoms with Crippen LogP contribution in [0.4, 0.5) is 0 Å². The van der Waals surface area contributed by atoms with E-state index in [1.807, 2.05) is 18.2 Å². The van der Waals surface area contributed by atoms with E-state index in [0.29, 0.717) is 36.5 Å². The molecule has 1 amide bonds. The minimum absolute atomic E-state index is 0.0193. The molecule has 0 spiro atoms. The van der Waals surface area contributed by atoms with E-state index in [1.165, 1.54) is 11.3 Å². The van der Waals surface area contributed by atoms with E-state index >= 15 is 0 Å². The lowest BCUT2D eigenvalue weighted by molar-refractivity contribution is -0.145. The van der Waals surface area contributed by atoms with Crippen LogP contribution in [0.5, 0.6) is 5.75 Å². The Labute approximate surface area is 185 Å². The average molecular weight is 468 g/mol. The third-order valence-corrected chi connectivity index (χ3v) is 9.32. The predicted octanol–water partition coefficient (Wildman–Crippen LogP) is 3.05. The first-order valence-electron chi connectivity index (χ1n) is 9.96. The lowest BCUT2D eigenvalue weighted by atomic mass is 9.94. The second-order valence-corrected chi connectivity index (χ2v) is 10.8. The lowest BCUT2D eigenvalue weighted by Crippen LogP contribution is -2.43. The van der Waals surface area contributed by atoms with E-state index in [0.717, 1.165) is 10.4 Å². The number of ether oxygens (including phenoxy) is 2. The van der Waals surface area contributed by atoms with Gasteiger partial charge in [0, 0.05) is 9.75 Å². The molecule has 1 aliphatic heterocycles. The van der Waals surface area contributed by atoms with Gasteiger partial charge in [-0.3, -0.25) is 10.0 Å². The first-order valence-corrected chi connectivity index (χ1v) is 12.4. The van der Waals surface area contributed by atoms with Crippen LogP contribution < -0.4 is 10.2 Å². The Bertz CT molecular complexity index is 1030. The molecule has 0 bridgehead atoms. The molecule has 1 fully saturated rings. The second kappa shape index (κ2) is 9.80. The van der Waals surface area contributed by atoms with Crippen LogP contribution in [0.2, 0.25) is 0 Å². The Hall–Kier alpha value is -2.43. The minimum Gasteiger partial charge on any atom is -0.482 e. The van der Waals surface area contributed by atoms with Crippen molar-refractivity contribution in [2.75, 3.05) is 19.0 Å². The van der Waals surface area contributed by atoms with Gasteiger partial charge in [0.1, 0.15) is 10.5 Å². The number of carbonyl (C=O) groups is 2. The van der Waals surface area contributed by atoms with Crippen LogP contribution in [0.3, 0.4) is 0 Å². The van der Waals surface area contributed by atoms with Gasteiger partial charge in [0.05, 0.1) is 18.8 Å². The molecule has 0 saturated carbocycles. The number of sulfone groups is 1. The van der Waals surface area contributed by atoms with Gasteiger partial charge in [0.15, 0.2) is 16.4 Å². The second-order valence-electron chi connectivity index (χ2n) is 7.26. The van der Waals surface area contributed by atoms with Crippen LogP contribution in [0.1, 0.15) is 37.5 Å². The van der Waals surface area contributed by atoms with Crippen molar-refractivity contribution in [3.05, 3.63) is 41.3 Å².